The fraction of sp³-hybridized carbons (Fsp3) is 0.133. The van der Waals surface area contributed by atoms with Gasteiger partial charge in [0.15, 0.2) is 11.6 Å². The largest absolute Gasteiger partial charge is 0.337 e. The molecule has 0 bridgehead atoms. The highest BCUT2D eigenvalue weighted by Crippen LogP contribution is 2.19. The smallest absolute Gasteiger partial charge is 0.256 e. The zero-order valence-corrected chi connectivity index (χ0v) is 11.5. The van der Waals surface area contributed by atoms with Gasteiger partial charge in [-0.25, -0.2) is 8.78 Å². The normalized spacial score (nSPS) is 10.4. The highest BCUT2D eigenvalue weighted by Gasteiger charge is 2.19. The van der Waals surface area contributed by atoms with Crippen molar-refractivity contribution >= 4 is 17.5 Å². The average Bonchev–Trinajstić information content (AvgIpc) is 2.43. The van der Waals surface area contributed by atoms with Crippen LogP contribution in [0.2, 0.25) is 5.02 Å². The summed E-state index contributed by atoms with van der Waals surface area (Å²) in [5.74, 6) is -2.77. The van der Waals surface area contributed by atoms with E-state index in [1.807, 2.05) is 0 Å². The molecule has 0 atom stereocenters. The van der Waals surface area contributed by atoms with Gasteiger partial charge in [0.2, 0.25) is 0 Å². The molecule has 5 heteroatoms. The van der Waals surface area contributed by atoms with Crippen LogP contribution in [0.1, 0.15) is 15.9 Å². The van der Waals surface area contributed by atoms with E-state index in [2.05, 4.69) is 0 Å². The Morgan fingerprint density at radius 3 is 2.55 bits per heavy atom. The van der Waals surface area contributed by atoms with Crippen LogP contribution in [0.25, 0.3) is 0 Å². The molecule has 0 aliphatic heterocycles. The third-order valence-corrected chi connectivity index (χ3v) is 3.26. The van der Waals surface area contributed by atoms with Gasteiger partial charge in [-0.05, 0) is 23.8 Å². The Labute approximate surface area is 120 Å². The molecule has 0 heterocycles. The van der Waals surface area contributed by atoms with E-state index in [-0.39, 0.29) is 12.1 Å². The van der Waals surface area contributed by atoms with E-state index in [0.29, 0.717) is 5.02 Å². The van der Waals surface area contributed by atoms with Crippen molar-refractivity contribution in [3.63, 3.8) is 0 Å². The van der Waals surface area contributed by atoms with Gasteiger partial charge < -0.3 is 4.90 Å². The Balaban J connectivity index is 2.21. The van der Waals surface area contributed by atoms with Gasteiger partial charge in [-0.2, -0.15) is 0 Å². The lowest BCUT2D eigenvalue weighted by molar-refractivity contribution is 0.0779. The summed E-state index contributed by atoms with van der Waals surface area (Å²) in [6.45, 7) is 0.217. The van der Waals surface area contributed by atoms with Crippen LogP contribution in [-0.4, -0.2) is 17.9 Å². The maximum Gasteiger partial charge on any atom is 0.256 e. The number of hydrogen-bond acceptors (Lipinski definition) is 1. The molecule has 1 amide bonds. The Bertz CT molecular complexity index is 646. The number of hydrogen-bond donors (Lipinski definition) is 0. The minimum atomic E-state index is -1.14. The molecule has 0 saturated carbocycles. The van der Waals surface area contributed by atoms with Crippen LogP contribution in [0.3, 0.4) is 0 Å². The number of nitrogens with zero attached hydrogens (tertiary/aromatic N) is 1. The van der Waals surface area contributed by atoms with E-state index >= 15 is 0 Å². The van der Waals surface area contributed by atoms with E-state index in [1.54, 1.807) is 24.3 Å². The Kier molecular flexibility index (Phi) is 4.35. The second kappa shape index (κ2) is 6.01. The van der Waals surface area contributed by atoms with Crippen LogP contribution < -0.4 is 0 Å². The average molecular weight is 296 g/mol. The second-order valence-electron chi connectivity index (χ2n) is 4.35. The van der Waals surface area contributed by atoms with E-state index in [1.165, 1.54) is 24.1 Å². The number of benzene rings is 2. The fourth-order valence-corrected chi connectivity index (χ4v) is 2.02. The SMILES string of the molecule is CN(Cc1ccccc1Cl)C(=O)c1cccc(F)c1F. The molecule has 0 radical (unpaired) electrons. The van der Waals surface area contributed by atoms with Gasteiger partial charge in [0, 0.05) is 18.6 Å². The first kappa shape index (κ1) is 14.5. The summed E-state index contributed by atoms with van der Waals surface area (Å²) < 4.78 is 26.7. The molecule has 104 valence electrons. The summed E-state index contributed by atoms with van der Waals surface area (Å²) in [7, 11) is 1.51. The van der Waals surface area contributed by atoms with Crippen LogP contribution in [-0.2, 0) is 6.54 Å². The van der Waals surface area contributed by atoms with Crippen molar-refractivity contribution in [3.05, 3.63) is 70.2 Å². The van der Waals surface area contributed by atoms with E-state index in [0.717, 1.165) is 11.6 Å². The van der Waals surface area contributed by atoms with Crippen molar-refractivity contribution in [1.82, 2.24) is 4.90 Å². The number of halogens is 3. The molecular formula is C15H12ClF2NO. The van der Waals surface area contributed by atoms with Crippen LogP contribution in [0.15, 0.2) is 42.5 Å². The molecule has 20 heavy (non-hydrogen) atoms. The maximum absolute atomic E-state index is 13.6. The molecule has 2 nitrogen and oxygen atoms in total. The van der Waals surface area contributed by atoms with Crippen molar-refractivity contribution in [2.45, 2.75) is 6.54 Å². The number of carbonyl (C=O) groups is 1. The highest BCUT2D eigenvalue weighted by atomic mass is 35.5. The molecule has 0 aromatic heterocycles. The van der Waals surface area contributed by atoms with Crippen LogP contribution in [0, 0.1) is 11.6 Å². The number of amides is 1. The summed E-state index contributed by atoms with van der Waals surface area (Å²) >= 11 is 6.00. The number of carbonyl (C=O) groups excluding carboxylic acids is 1. The van der Waals surface area contributed by atoms with Gasteiger partial charge in [0.05, 0.1) is 5.56 Å². The molecular weight excluding hydrogens is 284 g/mol. The summed E-state index contributed by atoms with van der Waals surface area (Å²) in [6, 6.07) is 10.6. The first-order valence-electron chi connectivity index (χ1n) is 5.93. The summed E-state index contributed by atoms with van der Waals surface area (Å²) in [5, 5.41) is 0.520. The maximum atomic E-state index is 13.6. The Morgan fingerprint density at radius 1 is 1.15 bits per heavy atom. The predicted molar refractivity (Wildman–Crippen MR) is 73.6 cm³/mol. The zero-order valence-electron chi connectivity index (χ0n) is 10.7. The Morgan fingerprint density at radius 2 is 1.85 bits per heavy atom. The van der Waals surface area contributed by atoms with Crippen molar-refractivity contribution in [1.29, 1.82) is 0 Å². The van der Waals surface area contributed by atoms with Crippen molar-refractivity contribution < 1.29 is 13.6 Å². The summed E-state index contributed by atoms with van der Waals surface area (Å²) in [4.78, 5) is 13.4. The molecule has 2 aromatic carbocycles. The van der Waals surface area contributed by atoms with E-state index < -0.39 is 17.5 Å². The van der Waals surface area contributed by atoms with E-state index in [4.69, 9.17) is 11.6 Å². The molecule has 0 N–H and O–H groups in total. The van der Waals surface area contributed by atoms with Gasteiger partial charge >= 0.3 is 0 Å². The van der Waals surface area contributed by atoms with Gasteiger partial charge in [-0.15, -0.1) is 0 Å². The molecule has 0 spiro atoms. The third kappa shape index (κ3) is 2.96. The first-order chi connectivity index (χ1) is 9.50. The highest BCUT2D eigenvalue weighted by molar-refractivity contribution is 6.31. The molecule has 0 saturated heterocycles. The molecule has 2 aromatic rings. The van der Waals surface area contributed by atoms with Crippen LogP contribution >= 0.6 is 11.6 Å². The third-order valence-electron chi connectivity index (χ3n) is 2.89. The van der Waals surface area contributed by atoms with Crippen LogP contribution in [0.5, 0.6) is 0 Å². The predicted octanol–water partition coefficient (Wildman–Crippen LogP) is 3.89. The lowest BCUT2D eigenvalue weighted by Crippen LogP contribution is -2.27. The lowest BCUT2D eigenvalue weighted by Gasteiger charge is -2.18. The molecule has 0 fully saturated rings. The second-order valence-corrected chi connectivity index (χ2v) is 4.76. The standard InChI is InChI=1S/C15H12ClF2NO/c1-19(9-10-5-2-3-7-12(10)16)15(20)11-6-4-8-13(17)14(11)18/h2-8H,9H2,1H3. The van der Waals surface area contributed by atoms with Crippen molar-refractivity contribution in [3.8, 4) is 0 Å². The molecule has 0 unspecified atom stereocenters. The number of rotatable bonds is 3. The van der Waals surface area contributed by atoms with Gasteiger partial charge in [-0.1, -0.05) is 35.9 Å². The van der Waals surface area contributed by atoms with Gasteiger partial charge in [0.1, 0.15) is 0 Å². The summed E-state index contributed by atoms with van der Waals surface area (Å²) in [5.41, 5.74) is 0.446. The lowest BCUT2D eigenvalue weighted by atomic mass is 10.1. The minimum absolute atomic E-state index is 0.217. The first-order valence-corrected chi connectivity index (χ1v) is 6.31. The topological polar surface area (TPSA) is 20.3 Å². The fourth-order valence-electron chi connectivity index (χ4n) is 1.83. The quantitative estimate of drug-likeness (QED) is 0.841. The van der Waals surface area contributed by atoms with Crippen molar-refractivity contribution in [2.24, 2.45) is 0 Å². The molecule has 0 aliphatic carbocycles. The minimum Gasteiger partial charge on any atom is -0.337 e. The Hall–Kier alpha value is -1.94. The summed E-state index contributed by atoms with van der Waals surface area (Å²) in [6.07, 6.45) is 0. The van der Waals surface area contributed by atoms with Gasteiger partial charge in [-0.3, -0.25) is 4.79 Å². The van der Waals surface area contributed by atoms with E-state index in [9.17, 15) is 13.6 Å². The molecule has 2 rings (SSSR count). The van der Waals surface area contributed by atoms with Crippen LogP contribution in [0.4, 0.5) is 8.78 Å². The van der Waals surface area contributed by atoms with Crippen molar-refractivity contribution in [2.75, 3.05) is 7.05 Å². The molecule has 0 aliphatic rings. The zero-order chi connectivity index (χ0) is 14.7. The van der Waals surface area contributed by atoms with Gasteiger partial charge in [0.25, 0.3) is 5.91 Å². The monoisotopic (exact) mass is 295 g/mol.